The van der Waals surface area contributed by atoms with Crippen molar-refractivity contribution in [1.82, 2.24) is 15.0 Å². The third kappa shape index (κ3) is 4.81. The van der Waals surface area contributed by atoms with Crippen molar-refractivity contribution >= 4 is 33.4 Å². The summed E-state index contributed by atoms with van der Waals surface area (Å²) in [5.41, 5.74) is 2.05. The third-order valence-corrected chi connectivity index (χ3v) is 4.46. The first-order valence-electron chi connectivity index (χ1n) is 7.96. The molecular formula is C18H15ClN4O4S. The predicted molar refractivity (Wildman–Crippen MR) is 105 cm³/mol. The number of nitrogens with zero attached hydrogens (tertiary/aromatic N) is 3. The van der Waals surface area contributed by atoms with Crippen molar-refractivity contribution in [2.24, 2.45) is 0 Å². The van der Waals surface area contributed by atoms with Crippen LogP contribution in [0.25, 0.3) is 11.3 Å². The average Bonchev–Trinajstić information content (AvgIpc) is 2.63. The van der Waals surface area contributed by atoms with Gasteiger partial charge in [0.15, 0.2) is 5.82 Å². The molecule has 0 saturated carbocycles. The molecule has 1 N–H and O–H groups in total. The number of anilines is 1. The van der Waals surface area contributed by atoms with Gasteiger partial charge in [0.1, 0.15) is 5.75 Å². The Morgan fingerprint density at radius 3 is 2.57 bits per heavy atom. The zero-order chi connectivity index (χ0) is 20.3. The van der Waals surface area contributed by atoms with Crippen molar-refractivity contribution in [2.75, 3.05) is 11.6 Å². The predicted octanol–water partition coefficient (Wildman–Crippen LogP) is 3.09. The quantitative estimate of drug-likeness (QED) is 0.633. The van der Waals surface area contributed by atoms with Crippen LogP contribution in [0.15, 0.2) is 49.1 Å². The monoisotopic (exact) mass is 418 g/mol. The van der Waals surface area contributed by atoms with Gasteiger partial charge in [-0.1, -0.05) is 11.6 Å². The van der Waals surface area contributed by atoms with E-state index in [2.05, 4.69) is 20.3 Å². The number of pyridine rings is 1. The molecule has 1 amide bonds. The first-order valence-corrected chi connectivity index (χ1v) is 10.2. The summed E-state index contributed by atoms with van der Waals surface area (Å²) in [6, 6.07) is 6.12. The van der Waals surface area contributed by atoms with Gasteiger partial charge in [-0.3, -0.25) is 14.8 Å². The Hall–Kier alpha value is -3.04. The summed E-state index contributed by atoms with van der Waals surface area (Å²) < 4.78 is 27.4. The fourth-order valence-corrected chi connectivity index (χ4v) is 3.01. The van der Waals surface area contributed by atoms with Gasteiger partial charge < -0.3 is 9.50 Å². The Morgan fingerprint density at radius 1 is 1.14 bits per heavy atom. The molecule has 2 aromatic heterocycles. The van der Waals surface area contributed by atoms with Gasteiger partial charge in [-0.15, -0.1) is 0 Å². The van der Waals surface area contributed by atoms with Gasteiger partial charge in [-0.05, 0) is 36.8 Å². The van der Waals surface area contributed by atoms with E-state index in [0.29, 0.717) is 21.8 Å². The molecule has 10 heteroatoms. The lowest BCUT2D eigenvalue weighted by Crippen LogP contribution is -2.14. The molecule has 0 aliphatic heterocycles. The SMILES string of the molecule is Cc1ccncc1C(=O)Nc1cnc(-c2cc(OS(C)(=O)=O)ccc2Cl)cn1. The number of aromatic nitrogens is 3. The van der Waals surface area contributed by atoms with Crippen LogP contribution in [-0.4, -0.2) is 35.5 Å². The van der Waals surface area contributed by atoms with Crippen LogP contribution in [0.3, 0.4) is 0 Å². The van der Waals surface area contributed by atoms with Crippen LogP contribution in [0, 0.1) is 6.92 Å². The highest BCUT2D eigenvalue weighted by molar-refractivity contribution is 7.86. The number of nitrogens with one attached hydrogen (secondary N) is 1. The van der Waals surface area contributed by atoms with Crippen LogP contribution in [0.5, 0.6) is 5.75 Å². The molecule has 1 aromatic carbocycles. The zero-order valence-electron chi connectivity index (χ0n) is 14.9. The van der Waals surface area contributed by atoms with Crippen molar-refractivity contribution in [3.63, 3.8) is 0 Å². The van der Waals surface area contributed by atoms with Crippen molar-refractivity contribution in [3.8, 4) is 17.0 Å². The van der Waals surface area contributed by atoms with E-state index < -0.39 is 10.1 Å². The molecular weight excluding hydrogens is 404 g/mol. The normalized spacial score (nSPS) is 11.1. The smallest absolute Gasteiger partial charge is 0.306 e. The molecule has 28 heavy (non-hydrogen) atoms. The van der Waals surface area contributed by atoms with Crippen LogP contribution < -0.4 is 9.50 Å². The number of carbonyl (C=O) groups excluding carboxylic acids is 1. The van der Waals surface area contributed by atoms with Crippen molar-refractivity contribution in [2.45, 2.75) is 6.92 Å². The number of amides is 1. The Kier molecular flexibility index (Phi) is 5.57. The molecule has 0 radical (unpaired) electrons. The van der Waals surface area contributed by atoms with E-state index in [9.17, 15) is 13.2 Å². The second-order valence-corrected chi connectivity index (χ2v) is 7.84. The molecule has 0 atom stereocenters. The molecule has 3 rings (SSSR count). The molecule has 3 aromatic rings. The lowest BCUT2D eigenvalue weighted by molar-refractivity contribution is 0.102. The van der Waals surface area contributed by atoms with Gasteiger partial charge in [-0.2, -0.15) is 8.42 Å². The molecule has 144 valence electrons. The van der Waals surface area contributed by atoms with E-state index in [4.69, 9.17) is 15.8 Å². The second-order valence-electron chi connectivity index (χ2n) is 5.86. The van der Waals surface area contributed by atoms with Gasteiger partial charge in [0, 0.05) is 18.0 Å². The van der Waals surface area contributed by atoms with Crippen LogP contribution in [0.2, 0.25) is 5.02 Å². The molecule has 0 unspecified atom stereocenters. The fraction of sp³-hybridized carbons (Fsp3) is 0.111. The van der Waals surface area contributed by atoms with Crippen LogP contribution in [0.1, 0.15) is 15.9 Å². The molecule has 2 heterocycles. The molecule has 0 spiro atoms. The van der Waals surface area contributed by atoms with Gasteiger partial charge in [0.2, 0.25) is 0 Å². The molecule has 0 saturated heterocycles. The van der Waals surface area contributed by atoms with Crippen molar-refractivity contribution < 1.29 is 17.4 Å². The van der Waals surface area contributed by atoms with Gasteiger partial charge in [0.25, 0.3) is 5.91 Å². The number of rotatable bonds is 5. The highest BCUT2D eigenvalue weighted by Crippen LogP contribution is 2.30. The Morgan fingerprint density at radius 2 is 1.93 bits per heavy atom. The van der Waals surface area contributed by atoms with Crippen LogP contribution >= 0.6 is 11.6 Å². The van der Waals surface area contributed by atoms with E-state index in [1.807, 2.05) is 0 Å². The minimum Gasteiger partial charge on any atom is -0.383 e. The van der Waals surface area contributed by atoms with E-state index in [-0.39, 0.29) is 17.5 Å². The Bertz CT molecular complexity index is 1130. The minimum absolute atomic E-state index is 0.105. The van der Waals surface area contributed by atoms with E-state index in [1.54, 1.807) is 19.2 Å². The number of carbonyl (C=O) groups is 1. The van der Waals surface area contributed by atoms with Gasteiger partial charge in [0.05, 0.1) is 34.9 Å². The maximum atomic E-state index is 12.3. The zero-order valence-corrected chi connectivity index (χ0v) is 16.5. The second kappa shape index (κ2) is 7.91. The standard InChI is InChI=1S/C18H15ClN4O4S/c1-11-5-6-20-8-14(11)18(24)23-17-10-21-16(9-22-17)13-7-12(3-4-15(13)19)27-28(2,25)26/h3-10H,1-2H3,(H,22,23,24). The van der Waals surface area contributed by atoms with Crippen molar-refractivity contribution in [3.05, 3.63) is 65.2 Å². The lowest BCUT2D eigenvalue weighted by Gasteiger charge is -2.09. The molecule has 0 aliphatic carbocycles. The number of hydrogen-bond acceptors (Lipinski definition) is 7. The maximum Gasteiger partial charge on any atom is 0.306 e. The molecule has 0 aliphatic rings. The van der Waals surface area contributed by atoms with Crippen LogP contribution in [0.4, 0.5) is 5.82 Å². The first kappa shape index (κ1) is 19.7. The van der Waals surface area contributed by atoms with Crippen molar-refractivity contribution in [1.29, 1.82) is 0 Å². The van der Waals surface area contributed by atoms with E-state index in [1.165, 1.54) is 36.8 Å². The fourth-order valence-electron chi connectivity index (χ4n) is 2.34. The molecule has 8 nitrogen and oxygen atoms in total. The summed E-state index contributed by atoms with van der Waals surface area (Å²) >= 11 is 6.17. The van der Waals surface area contributed by atoms with Gasteiger partial charge in [-0.25, -0.2) is 4.98 Å². The molecule has 0 fully saturated rings. The summed E-state index contributed by atoms with van der Waals surface area (Å²) in [6.45, 7) is 1.80. The third-order valence-electron chi connectivity index (χ3n) is 3.64. The van der Waals surface area contributed by atoms with Gasteiger partial charge >= 0.3 is 10.1 Å². The first-order chi connectivity index (χ1) is 13.2. The molecule has 0 bridgehead atoms. The lowest BCUT2D eigenvalue weighted by atomic mass is 10.1. The topological polar surface area (TPSA) is 111 Å². The van der Waals surface area contributed by atoms with Crippen LogP contribution in [-0.2, 0) is 10.1 Å². The summed E-state index contributed by atoms with van der Waals surface area (Å²) in [7, 11) is -3.67. The number of benzene rings is 1. The Balaban J connectivity index is 1.82. The summed E-state index contributed by atoms with van der Waals surface area (Å²) in [6.07, 6.45) is 6.81. The summed E-state index contributed by atoms with van der Waals surface area (Å²) in [5, 5.41) is 2.99. The maximum absolute atomic E-state index is 12.3. The largest absolute Gasteiger partial charge is 0.383 e. The highest BCUT2D eigenvalue weighted by atomic mass is 35.5. The van der Waals surface area contributed by atoms with E-state index in [0.717, 1.165) is 11.8 Å². The highest BCUT2D eigenvalue weighted by Gasteiger charge is 2.13. The average molecular weight is 419 g/mol. The minimum atomic E-state index is -3.67. The number of aryl methyl sites for hydroxylation is 1. The number of hydrogen-bond donors (Lipinski definition) is 1. The summed E-state index contributed by atoms with van der Waals surface area (Å²) in [5.74, 6) is -0.000898. The number of halogens is 1. The summed E-state index contributed by atoms with van der Waals surface area (Å²) in [4.78, 5) is 24.6. The van der Waals surface area contributed by atoms with E-state index >= 15 is 0 Å². The Labute approximate surface area is 166 Å².